The van der Waals surface area contributed by atoms with E-state index < -0.39 is 5.97 Å². The molecule has 28 heavy (non-hydrogen) atoms. The van der Waals surface area contributed by atoms with Crippen LogP contribution in [0.15, 0.2) is 48.5 Å². The molecule has 6 heteroatoms. The Hall–Kier alpha value is -3.15. The molecule has 3 N–H and O–H groups in total. The van der Waals surface area contributed by atoms with Crippen molar-refractivity contribution < 1.29 is 19.5 Å². The summed E-state index contributed by atoms with van der Waals surface area (Å²) in [4.78, 5) is 35.2. The lowest BCUT2D eigenvalue weighted by molar-refractivity contribution is -0.136. The summed E-state index contributed by atoms with van der Waals surface area (Å²) in [6.45, 7) is 0.0812. The minimum atomic E-state index is -0.957. The average Bonchev–Trinajstić information content (AvgIpc) is 3.31. The molecule has 0 radical (unpaired) electrons. The smallest absolute Gasteiger partial charge is 0.305 e. The van der Waals surface area contributed by atoms with E-state index in [4.69, 9.17) is 5.11 Å². The van der Waals surface area contributed by atoms with E-state index in [1.807, 2.05) is 6.07 Å². The highest BCUT2D eigenvalue weighted by molar-refractivity contribution is 5.98. The third-order valence-electron chi connectivity index (χ3n) is 5.83. The maximum Gasteiger partial charge on any atom is 0.305 e. The second-order valence-corrected chi connectivity index (χ2v) is 7.54. The van der Waals surface area contributed by atoms with Crippen molar-refractivity contribution in [2.75, 3.05) is 11.9 Å². The van der Waals surface area contributed by atoms with Crippen LogP contribution in [0, 0.1) is 5.92 Å². The highest BCUT2D eigenvalue weighted by Crippen LogP contribution is 2.61. The summed E-state index contributed by atoms with van der Waals surface area (Å²) in [7, 11) is 0. The molecule has 0 saturated heterocycles. The van der Waals surface area contributed by atoms with Crippen molar-refractivity contribution in [3.05, 3.63) is 65.2 Å². The van der Waals surface area contributed by atoms with Crippen LogP contribution < -0.4 is 10.6 Å². The summed E-state index contributed by atoms with van der Waals surface area (Å²) in [5.74, 6) is -1.27. The molecule has 1 saturated carbocycles. The lowest BCUT2D eigenvalue weighted by Gasteiger charge is -2.12. The number of fused-ring (bicyclic) bond motifs is 2. The highest BCUT2D eigenvalue weighted by Gasteiger charge is 2.61. The summed E-state index contributed by atoms with van der Waals surface area (Å²) in [5, 5.41) is 14.1. The predicted molar refractivity (Wildman–Crippen MR) is 104 cm³/mol. The molecular formula is C22H22N2O4. The van der Waals surface area contributed by atoms with E-state index in [1.165, 1.54) is 11.1 Å². The molecular weight excluding hydrogens is 356 g/mol. The number of amides is 2. The Bertz CT molecular complexity index is 938. The quantitative estimate of drug-likeness (QED) is 0.720. The normalized spacial score (nSPS) is 21.8. The van der Waals surface area contributed by atoms with Gasteiger partial charge in [0.2, 0.25) is 5.91 Å². The fraction of sp³-hybridized carbons (Fsp3) is 0.318. The number of rotatable bonds is 6. The first-order valence-electron chi connectivity index (χ1n) is 9.49. The van der Waals surface area contributed by atoms with E-state index >= 15 is 0 Å². The average molecular weight is 378 g/mol. The van der Waals surface area contributed by atoms with Crippen molar-refractivity contribution in [3.63, 3.8) is 0 Å². The number of carboxylic acids is 1. The molecule has 0 heterocycles. The Kier molecular flexibility index (Phi) is 4.63. The van der Waals surface area contributed by atoms with Crippen molar-refractivity contribution in [1.29, 1.82) is 0 Å². The van der Waals surface area contributed by atoms with Crippen LogP contribution in [0.3, 0.4) is 0 Å². The van der Waals surface area contributed by atoms with Crippen molar-refractivity contribution in [1.82, 2.24) is 5.32 Å². The molecule has 0 aromatic heterocycles. The number of nitrogens with one attached hydrogen (secondary N) is 2. The molecule has 1 spiro atoms. The van der Waals surface area contributed by atoms with Crippen LogP contribution in [0.25, 0.3) is 0 Å². The van der Waals surface area contributed by atoms with Crippen LogP contribution in [0.1, 0.15) is 40.7 Å². The molecule has 4 rings (SSSR count). The molecule has 0 bridgehead atoms. The van der Waals surface area contributed by atoms with Gasteiger partial charge in [0.1, 0.15) is 0 Å². The summed E-state index contributed by atoms with van der Waals surface area (Å²) < 4.78 is 0. The number of hydrogen-bond donors (Lipinski definition) is 3. The van der Waals surface area contributed by atoms with E-state index in [1.54, 1.807) is 24.3 Å². The Morgan fingerprint density at radius 2 is 1.82 bits per heavy atom. The minimum absolute atomic E-state index is 0.00450. The molecule has 2 unspecified atom stereocenters. The first-order chi connectivity index (χ1) is 13.5. The zero-order valence-corrected chi connectivity index (χ0v) is 15.4. The largest absolute Gasteiger partial charge is 0.481 e. The molecule has 0 aliphatic heterocycles. The summed E-state index contributed by atoms with van der Waals surface area (Å²) >= 11 is 0. The summed E-state index contributed by atoms with van der Waals surface area (Å²) in [6, 6.07) is 15.0. The SMILES string of the molecule is O=C(O)CCNC(=O)c1ccc(NC(=O)C2CC23CCc2ccccc23)cc1. The maximum atomic E-state index is 12.7. The Balaban J connectivity index is 1.35. The van der Waals surface area contributed by atoms with Gasteiger partial charge in [-0.25, -0.2) is 0 Å². The van der Waals surface area contributed by atoms with Gasteiger partial charge in [-0.05, 0) is 54.7 Å². The van der Waals surface area contributed by atoms with Gasteiger partial charge in [0.15, 0.2) is 0 Å². The number of benzene rings is 2. The Morgan fingerprint density at radius 1 is 1.07 bits per heavy atom. The van der Waals surface area contributed by atoms with Gasteiger partial charge in [-0.3, -0.25) is 14.4 Å². The molecule has 2 atom stereocenters. The molecule has 2 aromatic rings. The minimum Gasteiger partial charge on any atom is -0.481 e. The van der Waals surface area contributed by atoms with Crippen LogP contribution in [0.4, 0.5) is 5.69 Å². The Morgan fingerprint density at radius 3 is 2.57 bits per heavy atom. The van der Waals surface area contributed by atoms with Crippen molar-refractivity contribution >= 4 is 23.5 Å². The first kappa shape index (κ1) is 18.2. The zero-order chi connectivity index (χ0) is 19.7. The third-order valence-corrected chi connectivity index (χ3v) is 5.83. The number of anilines is 1. The van der Waals surface area contributed by atoms with Gasteiger partial charge in [-0.15, -0.1) is 0 Å². The summed E-state index contributed by atoms with van der Waals surface area (Å²) in [5.41, 5.74) is 3.76. The number of carbonyl (C=O) groups is 3. The number of carboxylic acid groups (broad SMARTS) is 1. The van der Waals surface area contributed by atoms with Crippen molar-refractivity contribution in [2.24, 2.45) is 5.92 Å². The topological polar surface area (TPSA) is 95.5 Å². The second-order valence-electron chi connectivity index (χ2n) is 7.54. The molecule has 2 aliphatic carbocycles. The van der Waals surface area contributed by atoms with Gasteiger partial charge in [0, 0.05) is 29.1 Å². The molecule has 2 aliphatic rings. The number of aryl methyl sites for hydroxylation is 1. The molecule has 2 amide bonds. The van der Waals surface area contributed by atoms with Gasteiger partial charge in [0.25, 0.3) is 5.91 Å². The first-order valence-corrected chi connectivity index (χ1v) is 9.49. The van der Waals surface area contributed by atoms with Crippen LogP contribution in [0.5, 0.6) is 0 Å². The highest BCUT2D eigenvalue weighted by atomic mass is 16.4. The standard InChI is InChI=1S/C22H22N2O4/c25-19(26)10-12-23-20(27)15-5-7-16(8-6-15)24-21(28)18-13-22(18)11-9-14-3-1-2-4-17(14)22/h1-8,18H,9-13H2,(H,23,27)(H,24,28)(H,25,26). The predicted octanol–water partition coefficient (Wildman–Crippen LogP) is 2.73. The van der Waals surface area contributed by atoms with E-state index in [2.05, 4.69) is 28.8 Å². The fourth-order valence-corrected chi connectivity index (χ4v) is 4.26. The lowest BCUT2D eigenvalue weighted by Crippen LogP contribution is -2.26. The van der Waals surface area contributed by atoms with Crippen LogP contribution in [0.2, 0.25) is 0 Å². The van der Waals surface area contributed by atoms with E-state index in [0.717, 1.165) is 19.3 Å². The van der Waals surface area contributed by atoms with Crippen molar-refractivity contribution in [2.45, 2.75) is 31.1 Å². The third kappa shape index (κ3) is 3.38. The van der Waals surface area contributed by atoms with Gasteiger partial charge in [-0.2, -0.15) is 0 Å². The van der Waals surface area contributed by atoms with Crippen LogP contribution >= 0.6 is 0 Å². The van der Waals surface area contributed by atoms with Gasteiger partial charge >= 0.3 is 5.97 Å². The zero-order valence-electron chi connectivity index (χ0n) is 15.4. The second kappa shape index (κ2) is 7.11. The van der Waals surface area contributed by atoms with Gasteiger partial charge < -0.3 is 15.7 Å². The number of carbonyl (C=O) groups excluding carboxylic acids is 2. The fourth-order valence-electron chi connectivity index (χ4n) is 4.26. The molecule has 6 nitrogen and oxygen atoms in total. The van der Waals surface area contributed by atoms with E-state index in [0.29, 0.717) is 11.3 Å². The van der Waals surface area contributed by atoms with Gasteiger partial charge in [-0.1, -0.05) is 24.3 Å². The monoisotopic (exact) mass is 378 g/mol. The lowest BCUT2D eigenvalue weighted by atomic mass is 9.95. The van der Waals surface area contributed by atoms with E-state index in [9.17, 15) is 14.4 Å². The molecule has 144 valence electrons. The maximum absolute atomic E-state index is 12.7. The van der Waals surface area contributed by atoms with Crippen LogP contribution in [-0.4, -0.2) is 29.4 Å². The number of hydrogen-bond acceptors (Lipinski definition) is 3. The molecule has 1 fully saturated rings. The van der Waals surface area contributed by atoms with Gasteiger partial charge in [0.05, 0.1) is 6.42 Å². The molecule has 2 aromatic carbocycles. The van der Waals surface area contributed by atoms with Crippen LogP contribution in [-0.2, 0) is 21.4 Å². The van der Waals surface area contributed by atoms with E-state index in [-0.39, 0.29) is 36.1 Å². The van der Waals surface area contributed by atoms with Crippen molar-refractivity contribution in [3.8, 4) is 0 Å². The number of aliphatic carboxylic acids is 1. The summed E-state index contributed by atoms with van der Waals surface area (Å²) in [6.07, 6.45) is 2.83. The Labute approximate surface area is 163 Å².